The number of nitrogens with two attached hydrogens (primary N) is 1. The average Bonchev–Trinajstić information content (AvgIpc) is 3.08. The van der Waals surface area contributed by atoms with Crippen molar-refractivity contribution in [2.75, 3.05) is 24.6 Å². The Morgan fingerprint density at radius 1 is 1.02 bits per heavy atom. The summed E-state index contributed by atoms with van der Waals surface area (Å²) in [6.45, 7) is 1.40. The highest BCUT2D eigenvalue weighted by Gasteiger charge is 2.24. The number of nitriles is 1. The van der Waals surface area contributed by atoms with E-state index < -0.39 is 5.91 Å². The molecule has 0 bridgehead atoms. The molecule has 0 atom stereocenters. The molecular formula is C33H34ClN7O5. The number of carbonyl (C=O) groups is 2. The summed E-state index contributed by atoms with van der Waals surface area (Å²) in [5, 5.41) is 20.7. The average molecular weight is 644 g/mol. The molecule has 1 saturated heterocycles. The molecule has 1 aliphatic rings. The molecule has 1 aromatic heterocycles. The van der Waals surface area contributed by atoms with Crippen LogP contribution in [0, 0.1) is 11.3 Å². The van der Waals surface area contributed by atoms with Gasteiger partial charge in [-0.2, -0.15) is 5.26 Å². The first kappa shape index (κ1) is 33.7. The van der Waals surface area contributed by atoms with E-state index in [2.05, 4.69) is 16.3 Å². The molecule has 3 aromatic carbocycles. The summed E-state index contributed by atoms with van der Waals surface area (Å²) in [5.74, 6) is 0.0469. The van der Waals surface area contributed by atoms with Gasteiger partial charge in [0.15, 0.2) is 6.61 Å². The molecule has 1 aliphatic heterocycles. The third-order valence-corrected chi connectivity index (χ3v) is 7.70. The van der Waals surface area contributed by atoms with E-state index >= 15 is 0 Å². The van der Waals surface area contributed by atoms with E-state index in [0.717, 1.165) is 18.4 Å². The standard InChI is InChI=1S/C33H33N7O5.ClH/c1-39-32(43)29(30(24-6-2-21(18-34)3-7-24)37-33(39)40-16-14-26(35)15-17-40)23-10-12-27(13-11-23)45-20-28(41)36-19-22-4-8-25(9-5-22)31(42)38-44;/h2-13,26,44H,14-17,19-20,35H2,1H3,(H,36,41)(H,38,42);1H. The number of hydrogen-bond acceptors (Lipinski definition) is 9. The van der Waals surface area contributed by atoms with E-state index in [1.807, 2.05) is 0 Å². The Kier molecular flexibility index (Phi) is 11.1. The van der Waals surface area contributed by atoms with Gasteiger partial charge in [0.2, 0.25) is 5.95 Å². The molecule has 0 radical (unpaired) electrons. The van der Waals surface area contributed by atoms with E-state index in [1.54, 1.807) is 77.8 Å². The SMILES string of the molecule is Cl.Cn1c(N2CCC(N)CC2)nc(-c2ccc(C#N)cc2)c(-c2ccc(OCC(=O)NCc3ccc(C(=O)NO)cc3)cc2)c1=O. The third kappa shape index (κ3) is 7.70. The van der Waals surface area contributed by atoms with E-state index in [1.165, 1.54) is 12.1 Å². The normalized spacial score (nSPS) is 12.9. The minimum absolute atomic E-state index is 0. The first-order valence-corrected chi connectivity index (χ1v) is 14.4. The molecule has 4 aromatic rings. The highest BCUT2D eigenvalue weighted by molar-refractivity contribution is 5.93. The fraction of sp³-hybridized carbons (Fsp3) is 0.242. The van der Waals surface area contributed by atoms with Crippen LogP contribution in [0.25, 0.3) is 22.4 Å². The van der Waals surface area contributed by atoms with Crippen LogP contribution in [0.5, 0.6) is 5.75 Å². The van der Waals surface area contributed by atoms with Gasteiger partial charge in [-0.15, -0.1) is 12.4 Å². The number of nitrogens with one attached hydrogen (secondary N) is 2. The largest absolute Gasteiger partial charge is 0.484 e. The molecule has 46 heavy (non-hydrogen) atoms. The van der Waals surface area contributed by atoms with Crippen molar-refractivity contribution in [1.82, 2.24) is 20.3 Å². The Bertz CT molecular complexity index is 1780. The maximum absolute atomic E-state index is 13.9. The lowest BCUT2D eigenvalue weighted by molar-refractivity contribution is -0.123. The molecule has 238 valence electrons. The van der Waals surface area contributed by atoms with Crippen molar-refractivity contribution >= 4 is 30.2 Å². The number of amides is 2. The Balaban J connectivity index is 0.00000480. The maximum Gasteiger partial charge on any atom is 0.274 e. The molecule has 0 saturated carbocycles. The Hall–Kier alpha value is -5.22. The highest BCUT2D eigenvalue weighted by atomic mass is 35.5. The van der Waals surface area contributed by atoms with Crippen LogP contribution >= 0.6 is 12.4 Å². The van der Waals surface area contributed by atoms with Crippen molar-refractivity contribution in [1.29, 1.82) is 5.26 Å². The predicted molar refractivity (Wildman–Crippen MR) is 175 cm³/mol. The Labute approximate surface area is 271 Å². The van der Waals surface area contributed by atoms with Crippen LogP contribution in [-0.2, 0) is 18.4 Å². The van der Waals surface area contributed by atoms with E-state index in [9.17, 15) is 19.6 Å². The molecule has 1 fully saturated rings. The number of hydrogen-bond donors (Lipinski definition) is 4. The number of hydroxylamine groups is 1. The molecule has 5 N–H and O–H groups in total. The quantitative estimate of drug-likeness (QED) is 0.158. The zero-order valence-electron chi connectivity index (χ0n) is 25.1. The Morgan fingerprint density at radius 2 is 1.65 bits per heavy atom. The Morgan fingerprint density at radius 3 is 2.26 bits per heavy atom. The number of ether oxygens (including phenoxy) is 1. The number of benzene rings is 3. The number of halogens is 1. The van der Waals surface area contributed by atoms with Crippen LogP contribution in [0.1, 0.15) is 34.3 Å². The van der Waals surface area contributed by atoms with Crippen LogP contribution < -0.4 is 31.7 Å². The van der Waals surface area contributed by atoms with Crippen LogP contribution in [0.4, 0.5) is 5.95 Å². The minimum Gasteiger partial charge on any atom is -0.484 e. The predicted octanol–water partition coefficient (Wildman–Crippen LogP) is 3.15. The summed E-state index contributed by atoms with van der Waals surface area (Å²) < 4.78 is 7.23. The third-order valence-electron chi connectivity index (χ3n) is 7.70. The summed E-state index contributed by atoms with van der Waals surface area (Å²) in [7, 11) is 1.71. The number of nitrogens with zero attached hydrogens (tertiary/aromatic N) is 4. The zero-order valence-corrected chi connectivity index (χ0v) is 25.9. The lowest BCUT2D eigenvalue weighted by atomic mass is 9.99. The molecule has 0 unspecified atom stereocenters. The van der Waals surface area contributed by atoms with Crippen molar-refractivity contribution in [2.24, 2.45) is 12.8 Å². The van der Waals surface area contributed by atoms with E-state index in [0.29, 0.717) is 58.3 Å². The smallest absolute Gasteiger partial charge is 0.274 e. The van der Waals surface area contributed by atoms with Gasteiger partial charge in [0, 0.05) is 43.9 Å². The van der Waals surface area contributed by atoms with Crippen molar-refractivity contribution in [2.45, 2.75) is 25.4 Å². The summed E-state index contributed by atoms with van der Waals surface area (Å²) in [5.41, 5.74) is 11.3. The van der Waals surface area contributed by atoms with Crippen molar-refractivity contribution < 1.29 is 19.5 Å². The van der Waals surface area contributed by atoms with Gasteiger partial charge >= 0.3 is 0 Å². The molecular weight excluding hydrogens is 610 g/mol. The van der Waals surface area contributed by atoms with E-state index in [-0.39, 0.29) is 43.1 Å². The first-order chi connectivity index (χ1) is 21.8. The lowest BCUT2D eigenvalue weighted by Crippen LogP contribution is -2.42. The summed E-state index contributed by atoms with van der Waals surface area (Å²) in [4.78, 5) is 44.8. The van der Waals surface area contributed by atoms with Gasteiger partial charge in [0.25, 0.3) is 17.4 Å². The van der Waals surface area contributed by atoms with Crippen molar-refractivity contribution in [3.05, 3.63) is 99.8 Å². The monoisotopic (exact) mass is 643 g/mol. The van der Waals surface area contributed by atoms with Gasteiger partial charge in [0.05, 0.1) is 22.9 Å². The number of carbonyl (C=O) groups excluding carboxylic acids is 2. The minimum atomic E-state index is -0.618. The highest BCUT2D eigenvalue weighted by Crippen LogP contribution is 2.31. The zero-order chi connectivity index (χ0) is 31.9. The summed E-state index contributed by atoms with van der Waals surface area (Å²) >= 11 is 0. The number of anilines is 1. The summed E-state index contributed by atoms with van der Waals surface area (Å²) in [6.07, 6.45) is 1.61. The molecule has 5 rings (SSSR count). The van der Waals surface area contributed by atoms with Crippen LogP contribution in [0.2, 0.25) is 0 Å². The van der Waals surface area contributed by atoms with E-state index in [4.69, 9.17) is 20.7 Å². The second-order valence-electron chi connectivity index (χ2n) is 10.7. The topological polar surface area (TPSA) is 176 Å². The molecule has 13 heteroatoms. The number of aromatic nitrogens is 2. The van der Waals surface area contributed by atoms with Gasteiger partial charge in [-0.1, -0.05) is 36.4 Å². The number of piperidine rings is 1. The van der Waals surface area contributed by atoms with Crippen LogP contribution in [-0.4, -0.2) is 52.3 Å². The van der Waals surface area contributed by atoms with Gasteiger partial charge in [0.1, 0.15) is 5.75 Å². The molecule has 0 aliphatic carbocycles. The first-order valence-electron chi connectivity index (χ1n) is 14.4. The van der Waals surface area contributed by atoms with Crippen LogP contribution in [0.15, 0.2) is 77.6 Å². The maximum atomic E-state index is 13.9. The van der Waals surface area contributed by atoms with Gasteiger partial charge < -0.3 is 20.7 Å². The summed E-state index contributed by atoms with van der Waals surface area (Å²) in [6, 6.07) is 22.5. The molecule has 0 spiro atoms. The fourth-order valence-corrected chi connectivity index (χ4v) is 5.10. The van der Waals surface area contributed by atoms with Crippen molar-refractivity contribution in [3.8, 4) is 34.2 Å². The second-order valence-corrected chi connectivity index (χ2v) is 10.7. The van der Waals surface area contributed by atoms with Crippen LogP contribution in [0.3, 0.4) is 0 Å². The molecule has 2 heterocycles. The molecule has 2 amide bonds. The number of rotatable bonds is 9. The van der Waals surface area contributed by atoms with Gasteiger partial charge in [-0.3, -0.25) is 24.2 Å². The van der Waals surface area contributed by atoms with Gasteiger partial charge in [-0.05, 0) is 60.4 Å². The lowest BCUT2D eigenvalue weighted by Gasteiger charge is -2.32. The van der Waals surface area contributed by atoms with Crippen molar-refractivity contribution in [3.63, 3.8) is 0 Å². The second kappa shape index (κ2) is 15.2. The molecule has 12 nitrogen and oxygen atoms in total. The van der Waals surface area contributed by atoms with Gasteiger partial charge in [-0.25, -0.2) is 10.5 Å². The fourth-order valence-electron chi connectivity index (χ4n) is 5.10.